The van der Waals surface area contributed by atoms with Crippen LogP contribution in [0.25, 0.3) is 10.6 Å². The first kappa shape index (κ1) is 17.7. The summed E-state index contributed by atoms with van der Waals surface area (Å²) < 4.78 is 6.06. The monoisotopic (exact) mass is 418 g/mol. The van der Waals surface area contributed by atoms with Crippen LogP contribution in [0.2, 0.25) is 0 Å². The molecule has 8 heteroatoms. The van der Waals surface area contributed by atoms with E-state index in [9.17, 15) is 4.79 Å². The molecule has 2 aromatic heterocycles. The van der Waals surface area contributed by atoms with Gasteiger partial charge in [0.2, 0.25) is 5.13 Å². The lowest BCUT2D eigenvalue weighted by Crippen LogP contribution is -2.33. The first-order valence-corrected chi connectivity index (χ1v) is 9.10. The molecular formula is C17H15BrN4O2S. The summed E-state index contributed by atoms with van der Waals surface area (Å²) in [5.74, 6) is -0.137. The van der Waals surface area contributed by atoms with Crippen LogP contribution in [0, 0.1) is 0 Å². The van der Waals surface area contributed by atoms with E-state index in [0.717, 1.165) is 15.0 Å². The molecule has 1 amide bonds. The molecule has 0 fully saturated rings. The Balaban J connectivity index is 1.89. The minimum atomic E-state index is -0.137. The van der Waals surface area contributed by atoms with Gasteiger partial charge in [-0.05, 0) is 36.4 Å². The Labute approximate surface area is 157 Å². The molecule has 128 valence electrons. The van der Waals surface area contributed by atoms with Crippen LogP contribution in [0.4, 0.5) is 5.13 Å². The minimum absolute atomic E-state index is 0.137. The maximum absolute atomic E-state index is 12.9. The molecule has 0 bridgehead atoms. The molecule has 0 atom stereocenters. The van der Waals surface area contributed by atoms with Crippen molar-refractivity contribution in [3.63, 3.8) is 0 Å². The second kappa shape index (κ2) is 8.28. The predicted octanol–water partition coefficient (Wildman–Crippen LogP) is 3.66. The Morgan fingerprint density at radius 3 is 2.56 bits per heavy atom. The summed E-state index contributed by atoms with van der Waals surface area (Å²) in [7, 11) is 1.60. The zero-order valence-electron chi connectivity index (χ0n) is 13.4. The van der Waals surface area contributed by atoms with Crippen LogP contribution in [0.3, 0.4) is 0 Å². The first-order chi connectivity index (χ1) is 12.2. The molecular weight excluding hydrogens is 404 g/mol. The van der Waals surface area contributed by atoms with Crippen molar-refractivity contribution in [1.82, 2.24) is 15.2 Å². The van der Waals surface area contributed by atoms with Crippen molar-refractivity contribution in [2.24, 2.45) is 0 Å². The van der Waals surface area contributed by atoms with E-state index in [1.807, 2.05) is 24.3 Å². The average Bonchev–Trinajstić information content (AvgIpc) is 3.13. The zero-order chi connectivity index (χ0) is 17.6. The summed E-state index contributed by atoms with van der Waals surface area (Å²) in [5.41, 5.74) is 1.50. The smallest absolute Gasteiger partial charge is 0.260 e. The number of pyridine rings is 1. The number of aromatic nitrogens is 3. The number of amides is 1. The molecule has 6 nitrogen and oxygen atoms in total. The second-order valence-corrected chi connectivity index (χ2v) is 6.95. The van der Waals surface area contributed by atoms with E-state index >= 15 is 0 Å². The second-order valence-electron chi connectivity index (χ2n) is 5.08. The van der Waals surface area contributed by atoms with E-state index in [1.165, 1.54) is 11.3 Å². The van der Waals surface area contributed by atoms with E-state index in [-0.39, 0.29) is 5.91 Å². The van der Waals surface area contributed by atoms with Gasteiger partial charge in [0, 0.05) is 35.1 Å². The molecule has 0 radical (unpaired) electrons. The Bertz CT molecular complexity index is 839. The van der Waals surface area contributed by atoms with Crippen LogP contribution in [0.1, 0.15) is 10.4 Å². The van der Waals surface area contributed by atoms with E-state index < -0.39 is 0 Å². The highest BCUT2D eigenvalue weighted by Gasteiger charge is 2.21. The van der Waals surface area contributed by atoms with Gasteiger partial charge in [0.05, 0.1) is 13.2 Å². The molecule has 3 rings (SSSR count). The molecule has 2 heterocycles. The van der Waals surface area contributed by atoms with Crippen LogP contribution in [0.15, 0.2) is 53.3 Å². The van der Waals surface area contributed by atoms with Gasteiger partial charge < -0.3 is 4.74 Å². The fourth-order valence-corrected chi connectivity index (χ4v) is 3.29. The molecule has 0 saturated carbocycles. The minimum Gasteiger partial charge on any atom is -0.383 e. The van der Waals surface area contributed by atoms with Gasteiger partial charge in [0.25, 0.3) is 5.91 Å². The lowest BCUT2D eigenvalue weighted by molar-refractivity contribution is 0.0975. The van der Waals surface area contributed by atoms with Gasteiger partial charge in [-0.1, -0.05) is 27.3 Å². The van der Waals surface area contributed by atoms with Gasteiger partial charge in [0.15, 0.2) is 0 Å². The highest BCUT2D eigenvalue weighted by Crippen LogP contribution is 2.29. The number of hydrogen-bond donors (Lipinski definition) is 0. The summed E-state index contributed by atoms with van der Waals surface area (Å²) in [5, 5.41) is 9.68. The SMILES string of the molecule is COCCN(C(=O)c1ccc(Br)cc1)c1nnc(-c2ccncc2)s1. The number of nitrogens with zero attached hydrogens (tertiary/aromatic N) is 4. The van der Waals surface area contributed by atoms with Crippen LogP contribution >= 0.6 is 27.3 Å². The number of ether oxygens (including phenoxy) is 1. The highest BCUT2D eigenvalue weighted by molar-refractivity contribution is 9.10. The van der Waals surface area contributed by atoms with Crippen molar-refractivity contribution < 1.29 is 9.53 Å². The Kier molecular flexibility index (Phi) is 5.85. The fourth-order valence-electron chi connectivity index (χ4n) is 2.15. The molecule has 0 aliphatic rings. The number of methoxy groups -OCH3 is 1. The number of rotatable bonds is 6. The van der Waals surface area contributed by atoms with Gasteiger partial charge in [-0.15, -0.1) is 10.2 Å². The third-order valence-corrected chi connectivity index (χ3v) is 4.95. The Morgan fingerprint density at radius 1 is 1.16 bits per heavy atom. The van der Waals surface area contributed by atoms with Gasteiger partial charge in [-0.2, -0.15) is 0 Å². The van der Waals surface area contributed by atoms with Gasteiger partial charge in [0.1, 0.15) is 5.01 Å². The number of benzene rings is 1. The van der Waals surface area contributed by atoms with Crippen LogP contribution < -0.4 is 4.90 Å². The quantitative estimate of drug-likeness (QED) is 0.610. The molecule has 1 aromatic carbocycles. The standard InChI is InChI=1S/C17H15BrN4O2S/c1-24-11-10-22(16(23)13-2-4-14(18)5-3-13)17-21-20-15(25-17)12-6-8-19-9-7-12/h2-9H,10-11H2,1H3. The maximum Gasteiger partial charge on any atom is 0.260 e. The summed E-state index contributed by atoms with van der Waals surface area (Å²) >= 11 is 4.74. The van der Waals surface area contributed by atoms with Crippen LogP contribution in [-0.2, 0) is 4.74 Å². The number of hydrogen-bond acceptors (Lipinski definition) is 6. The normalized spacial score (nSPS) is 10.6. The molecule has 0 aliphatic heterocycles. The van der Waals surface area contributed by atoms with Crippen molar-refractivity contribution in [2.75, 3.05) is 25.2 Å². The number of halogens is 1. The third-order valence-electron chi connectivity index (χ3n) is 3.43. The first-order valence-electron chi connectivity index (χ1n) is 7.49. The summed E-state index contributed by atoms with van der Waals surface area (Å²) in [6, 6.07) is 10.9. The lowest BCUT2D eigenvalue weighted by Gasteiger charge is -2.19. The van der Waals surface area contributed by atoms with Crippen LogP contribution in [0.5, 0.6) is 0 Å². The van der Waals surface area contributed by atoms with Crippen molar-refractivity contribution in [2.45, 2.75) is 0 Å². The maximum atomic E-state index is 12.9. The van der Waals surface area contributed by atoms with Gasteiger partial charge in [-0.25, -0.2) is 0 Å². The topological polar surface area (TPSA) is 68.2 Å². The van der Waals surface area contributed by atoms with Crippen molar-refractivity contribution >= 4 is 38.3 Å². The Hall–Kier alpha value is -2.16. The third kappa shape index (κ3) is 4.28. The number of anilines is 1. The largest absolute Gasteiger partial charge is 0.383 e. The Morgan fingerprint density at radius 2 is 1.88 bits per heavy atom. The van der Waals surface area contributed by atoms with Crippen molar-refractivity contribution in [1.29, 1.82) is 0 Å². The van der Waals surface area contributed by atoms with E-state index in [4.69, 9.17) is 4.74 Å². The summed E-state index contributed by atoms with van der Waals surface area (Å²) in [6.07, 6.45) is 3.40. The van der Waals surface area contributed by atoms with Crippen molar-refractivity contribution in [3.8, 4) is 10.6 Å². The molecule has 0 aliphatic carbocycles. The van der Waals surface area contributed by atoms with Gasteiger partial charge >= 0.3 is 0 Å². The molecule has 25 heavy (non-hydrogen) atoms. The lowest BCUT2D eigenvalue weighted by atomic mass is 10.2. The average molecular weight is 419 g/mol. The summed E-state index contributed by atoms with van der Waals surface area (Å²) in [6.45, 7) is 0.808. The predicted molar refractivity (Wildman–Crippen MR) is 101 cm³/mol. The van der Waals surface area contributed by atoms with E-state index in [1.54, 1.807) is 36.5 Å². The van der Waals surface area contributed by atoms with E-state index in [2.05, 4.69) is 31.1 Å². The number of carbonyl (C=O) groups excluding carboxylic acids is 1. The van der Waals surface area contributed by atoms with Crippen molar-refractivity contribution in [3.05, 3.63) is 58.8 Å². The molecule has 0 N–H and O–H groups in total. The fraction of sp³-hybridized carbons (Fsp3) is 0.176. The van der Waals surface area contributed by atoms with Crippen LogP contribution in [-0.4, -0.2) is 41.3 Å². The summed E-state index contributed by atoms with van der Waals surface area (Å²) in [4.78, 5) is 18.5. The highest BCUT2D eigenvalue weighted by atomic mass is 79.9. The van der Waals surface area contributed by atoms with E-state index in [0.29, 0.717) is 23.8 Å². The molecule has 0 spiro atoms. The number of carbonyl (C=O) groups is 1. The molecule has 0 saturated heterocycles. The molecule has 3 aromatic rings. The zero-order valence-corrected chi connectivity index (χ0v) is 15.8. The van der Waals surface area contributed by atoms with Gasteiger partial charge in [-0.3, -0.25) is 14.7 Å². The molecule has 0 unspecified atom stereocenters.